The van der Waals surface area contributed by atoms with Gasteiger partial charge in [-0.3, -0.25) is 14.3 Å². The van der Waals surface area contributed by atoms with Gasteiger partial charge in [0.25, 0.3) is 5.56 Å². The van der Waals surface area contributed by atoms with Crippen LogP contribution in [0.25, 0.3) is 10.3 Å². The number of aromatic nitrogens is 5. The average molecular weight is 528 g/mol. The van der Waals surface area contributed by atoms with Crippen molar-refractivity contribution in [2.75, 3.05) is 20.1 Å². The van der Waals surface area contributed by atoms with Gasteiger partial charge in [-0.15, -0.1) is 11.3 Å². The summed E-state index contributed by atoms with van der Waals surface area (Å²) in [6.07, 6.45) is 4.17. The molecule has 0 amide bonds. The van der Waals surface area contributed by atoms with Gasteiger partial charge in [0.15, 0.2) is 10.3 Å². The number of hydrogen-bond donors (Lipinski definition) is 1. The van der Waals surface area contributed by atoms with Crippen LogP contribution in [-0.2, 0) is 13.1 Å². The van der Waals surface area contributed by atoms with Crippen molar-refractivity contribution in [2.45, 2.75) is 32.5 Å². The second-order valence-electron chi connectivity index (χ2n) is 7.66. The first kappa shape index (κ1) is 23.6. The maximum atomic E-state index is 13.4. The van der Waals surface area contributed by atoms with E-state index in [1.165, 1.54) is 16.9 Å². The second-order valence-corrected chi connectivity index (χ2v) is 9.41. The van der Waals surface area contributed by atoms with Gasteiger partial charge in [-0.05, 0) is 37.2 Å². The maximum Gasteiger partial charge on any atom is 0.281 e. The number of nitrogens with one attached hydrogen (secondary N) is 1. The predicted octanol–water partition coefficient (Wildman–Crippen LogP) is 3.63. The van der Waals surface area contributed by atoms with Crippen molar-refractivity contribution >= 4 is 37.6 Å². The predicted molar refractivity (Wildman–Crippen MR) is 134 cm³/mol. The van der Waals surface area contributed by atoms with Crippen LogP contribution in [0.1, 0.15) is 36.6 Å². The van der Waals surface area contributed by atoms with Gasteiger partial charge in [-0.2, -0.15) is 0 Å². The monoisotopic (exact) mass is 527 g/mol. The minimum absolute atomic E-state index is 0.0649. The lowest BCUT2D eigenvalue weighted by atomic mass is 10.1. The highest BCUT2D eigenvalue weighted by Crippen LogP contribution is 2.26. The molecule has 172 valence electrons. The molecule has 0 fully saturated rings. The Balaban J connectivity index is 1.78. The Bertz CT molecular complexity index is 1240. The Hall–Kier alpha value is -2.53. The van der Waals surface area contributed by atoms with Gasteiger partial charge >= 0.3 is 0 Å². The van der Waals surface area contributed by atoms with Gasteiger partial charge in [0.2, 0.25) is 0 Å². The maximum absolute atomic E-state index is 13.4. The zero-order valence-electron chi connectivity index (χ0n) is 18.6. The molecular weight excluding hydrogens is 502 g/mol. The van der Waals surface area contributed by atoms with E-state index in [2.05, 4.69) is 72.3 Å². The lowest BCUT2D eigenvalue weighted by Gasteiger charge is -2.32. The molecule has 0 saturated carbocycles. The summed E-state index contributed by atoms with van der Waals surface area (Å²) in [5, 5.41) is 3.25. The van der Waals surface area contributed by atoms with Crippen molar-refractivity contribution in [3.63, 3.8) is 0 Å². The van der Waals surface area contributed by atoms with E-state index in [1.807, 2.05) is 7.05 Å². The molecule has 4 aromatic rings. The van der Waals surface area contributed by atoms with Crippen LogP contribution in [0.5, 0.6) is 0 Å². The summed E-state index contributed by atoms with van der Waals surface area (Å²) < 4.78 is 2.74. The minimum atomic E-state index is -0.153. The average Bonchev–Trinajstić information content (AvgIpc) is 3.31. The summed E-state index contributed by atoms with van der Waals surface area (Å²) in [6.45, 7) is 4.76. The standard InChI is InChI=1S/C23H26BrN7OS/c1-3-18(30(12-11-25-2)13-16-5-7-17(24)8-6-16)21-29-22-20(28-15-33-22)23(32)31(21)14-19-26-9-4-10-27-19/h4-10,15,18,25H,3,11-14H2,1-2H3. The first-order chi connectivity index (χ1) is 16.1. The van der Waals surface area contributed by atoms with Crippen LogP contribution in [0.4, 0.5) is 0 Å². The Morgan fingerprint density at radius 1 is 1.18 bits per heavy atom. The summed E-state index contributed by atoms with van der Waals surface area (Å²) in [6, 6.07) is 10.0. The molecule has 3 heterocycles. The fourth-order valence-electron chi connectivity index (χ4n) is 3.85. The Morgan fingerprint density at radius 3 is 2.64 bits per heavy atom. The van der Waals surface area contributed by atoms with Crippen molar-refractivity contribution in [2.24, 2.45) is 0 Å². The number of halogens is 1. The summed E-state index contributed by atoms with van der Waals surface area (Å²) >= 11 is 4.90. The van der Waals surface area contributed by atoms with E-state index in [0.717, 1.165) is 36.4 Å². The Labute approximate surface area is 204 Å². The van der Waals surface area contributed by atoms with Gasteiger partial charge < -0.3 is 5.32 Å². The molecule has 1 unspecified atom stereocenters. The molecule has 8 nitrogen and oxygen atoms in total. The van der Waals surface area contributed by atoms with Gasteiger partial charge in [-0.1, -0.05) is 35.0 Å². The quantitative estimate of drug-likeness (QED) is 0.336. The van der Waals surface area contributed by atoms with E-state index in [1.54, 1.807) is 28.5 Å². The third-order valence-electron chi connectivity index (χ3n) is 5.48. The molecule has 4 rings (SSSR count). The van der Waals surface area contributed by atoms with Crippen LogP contribution in [-0.4, -0.2) is 49.5 Å². The van der Waals surface area contributed by atoms with Crippen LogP contribution in [0, 0.1) is 0 Å². The molecule has 1 atom stereocenters. The van der Waals surface area contributed by atoms with Crippen LogP contribution >= 0.6 is 27.3 Å². The number of likely N-dealkylation sites (N-methyl/N-ethyl adjacent to an activating group) is 1. The molecular formula is C23H26BrN7OS. The van der Waals surface area contributed by atoms with Crippen molar-refractivity contribution in [3.8, 4) is 0 Å². The third-order valence-corrected chi connectivity index (χ3v) is 6.73. The molecule has 0 saturated heterocycles. The molecule has 0 bridgehead atoms. The van der Waals surface area contributed by atoms with Crippen molar-refractivity contribution in [3.05, 3.63) is 80.3 Å². The number of rotatable bonds is 10. The Morgan fingerprint density at radius 2 is 1.94 bits per heavy atom. The lowest BCUT2D eigenvalue weighted by Crippen LogP contribution is -2.38. The van der Waals surface area contributed by atoms with Crippen LogP contribution in [0.15, 0.2) is 57.5 Å². The number of nitrogens with zero attached hydrogens (tertiary/aromatic N) is 6. The topological polar surface area (TPSA) is 88.8 Å². The van der Waals surface area contributed by atoms with Gasteiger partial charge in [0.05, 0.1) is 18.1 Å². The molecule has 0 radical (unpaired) electrons. The molecule has 0 aliphatic carbocycles. The van der Waals surface area contributed by atoms with E-state index in [0.29, 0.717) is 16.2 Å². The summed E-state index contributed by atoms with van der Waals surface area (Å²) in [5.41, 5.74) is 3.11. The highest BCUT2D eigenvalue weighted by molar-refractivity contribution is 9.10. The van der Waals surface area contributed by atoms with Crippen molar-refractivity contribution < 1.29 is 0 Å². The van der Waals surface area contributed by atoms with Crippen LogP contribution < -0.4 is 10.9 Å². The molecule has 1 aromatic carbocycles. The van der Waals surface area contributed by atoms with Crippen molar-refractivity contribution in [1.29, 1.82) is 0 Å². The number of thiazole rings is 1. The lowest BCUT2D eigenvalue weighted by molar-refractivity contribution is 0.172. The second kappa shape index (κ2) is 11.1. The van der Waals surface area contributed by atoms with E-state index in [-0.39, 0.29) is 18.1 Å². The number of hydrogen-bond acceptors (Lipinski definition) is 8. The summed E-state index contributed by atoms with van der Waals surface area (Å²) in [5.74, 6) is 1.29. The SMILES string of the molecule is CCC(c1nc2scnc2c(=O)n1Cc1ncccn1)N(CCNC)Cc1ccc(Br)cc1. The summed E-state index contributed by atoms with van der Waals surface area (Å²) in [4.78, 5) is 34.4. The van der Waals surface area contributed by atoms with Gasteiger partial charge in [-0.25, -0.2) is 19.9 Å². The molecule has 0 aliphatic rings. The summed E-state index contributed by atoms with van der Waals surface area (Å²) in [7, 11) is 1.95. The van der Waals surface area contributed by atoms with Crippen molar-refractivity contribution in [1.82, 2.24) is 34.7 Å². The van der Waals surface area contributed by atoms with E-state index >= 15 is 0 Å². The highest BCUT2D eigenvalue weighted by Gasteiger charge is 2.26. The molecule has 0 aliphatic heterocycles. The fraction of sp³-hybridized carbons (Fsp3) is 0.348. The molecule has 10 heteroatoms. The number of benzene rings is 1. The molecule has 33 heavy (non-hydrogen) atoms. The molecule has 1 N–H and O–H groups in total. The number of fused-ring (bicyclic) bond motifs is 1. The van der Waals surface area contributed by atoms with Crippen LogP contribution in [0.3, 0.4) is 0 Å². The third kappa shape index (κ3) is 5.52. The van der Waals surface area contributed by atoms with E-state index in [9.17, 15) is 4.79 Å². The van der Waals surface area contributed by atoms with E-state index < -0.39 is 0 Å². The highest BCUT2D eigenvalue weighted by atomic mass is 79.9. The van der Waals surface area contributed by atoms with Crippen LogP contribution in [0.2, 0.25) is 0 Å². The zero-order valence-corrected chi connectivity index (χ0v) is 21.0. The zero-order chi connectivity index (χ0) is 23.2. The van der Waals surface area contributed by atoms with Gasteiger partial charge in [0, 0.05) is 36.5 Å². The molecule has 3 aromatic heterocycles. The smallest absolute Gasteiger partial charge is 0.281 e. The first-order valence-corrected chi connectivity index (χ1v) is 12.5. The largest absolute Gasteiger partial charge is 0.318 e. The minimum Gasteiger partial charge on any atom is -0.318 e. The van der Waals surface area contributed by atoms with Gasteiger partial charge in [0.1, 0.15) is 11.6 Å². The normalized spacial score (nSPS) is 12.5. The first-order valence-electron chi connectivity index (χ1n) is 10.8. The molecule has 0 spiro atoms. The van der Waals surface area contributed by atoms with E-state index in [4.69, 9.17) is 4.98 Å². The fourth-order valence-corrected chi connectivity index (χ4v) is 4.77. The Kier molecular flexibility index (Phi) is 7.92.